The van der Waals surface area contributed by atoms with Crippen LogP contribution in [0, 0.1) is 5.82 Å². The van der Waals surface area contributed by atoms with Gasteiger partial charge in [-0.25, -0.2) is 9.18 Å². The highest BCUT2D eigenvalue weighted by molar-refractivity contribution is 6.20. The number of imide groups is 1. The molecule has 1 saturated heterocycles. The molecule has 0 saturated carbocycles. The second-order valence-corrected chi connectivity index (χ2v) is 6.02. The molecule has 8 heteroatoms. The number of halogens is 1. The van der Waals surface area contributed by atoms with Crippen LogP contribution in [0.5, 0.6) is 5.75 Å². The number of hydrogen-bond donors (Lipinski definition) is 0. The van der Waals surface area contributed by atoms with Crippen LogP contribution in [0.1, 0.15) is 33.6 Å². The summed E-state index contributed by atoms with van der Waals surface area (Å²) in [4.78, 5) is 49.0. The van der Waals surface area contributed by atoms with E-state index in [0.717, 1.165) is 11.0 Å². The number of carbonyl (C=O) groups excluding carboxylic acids is 4. The minimum Gasteiger partial charge on any atom is -0.494 e. The van der Waals surface area contributed by atoms with Gasteiger partial charge in [0.25, 0.3) is 0 Å². The first-order valence-electron chi connectivity index (χ1n) is 8.40. The van der Waals surface area contributed by atoms with Gasteiger partial charge < -0.3 is 9.47 Å². The smallest absolute Gasteiger partial charge is 0.338 e. The summed E-state index contributed by atoms with van der Waals surface area (Å²) in [5.74, 6) is -2.78. The zero-order chi connectivity index (χ0) is 20.3. The molecule has 1 aliphatic rings. The summed E-state index contributed by atoms with van der Waals surface area (Å²) >= 11 is 0. The van der Waals surface area contributed by atoms with E-state index in [-0.39, 0.29) is 47.2 Å². The summed E-state index contributed by atoms with van der Waals surface area (Å²) in [6.45, 7) is -0.587. The number of ether oxygens (including phenoxy) is 2. The molecule has 1 fully saturated rings. The predicted molar refractivity (Wildman–Crippen MR) is 95.7 cm³/mol. The summed E-state index contributed by atoms with van der Waals surface area (Å²) < 4.78 is 23.4. The topological polar surface area (TPSA) is 90.0 Å². The summed E-state index contributed by atoms with van der Waals surface area (Å²) in [5.41, 5.74) is 0.386. The van der Waals surface area contributed by atoms with E-state index in [9.17, 15) is 23.6 Å². The van der Waals surface area contributed by atoms with Gasteiger partial charge in [-0.1, -0.05) is 6.07 Å². The third kappa shape index (κ3) is 3.90. The largest absolute Gasteiger partial charge is 0.494 e. The molecule has 0 spiro atoms. The Morgan fingerprint density at radius 2 is 1.75 bits per heavy atom. The lowest BCUT2D eigenvalue weighted by molar-refractivity contribution is -0.121. The number of carbonyl (C=O) groups is 4. The second-order valence-electron chi connectivity index (χ2n) is 6.02. The number of methoxy groups -OCH3 is 1. The van der Waals surface area contributed by atoms with Gasteiger partial charge >= 0.3 is 5.97 Å². The van der Waals surface area contributed by atoms with Gasteiger partial charge in [0.05, 0.1) is 18.4 Å². The lowest BCUT2D eigenvalue weighted by Crippen LogP contribution is -2.28. The van der Waals surface area contributed by atoms with Crippen molar-refractivity contribution in [1.29, 1.82) is 0 Å². The Labute approximate surface area is 159 Å². The molecule has 0 bridgehead atoms. The molecule has 0 radical (unpaired) electrons. The first-order valence-corrected chi connectivity index (χ1v) is 8.40. The molecule has 2 aromatic rings. The SMILES string of the molecule is COc1ccc(C(=O)COC(=O)c2cccc(N3C(=O)CCC3=O)c2)cc1F. The van der Waals surface area contributed by atoms with Gasteiger partial charge in [-0.15, -0.1) is 0 Å². The lowest BCUT2D eigenvalue weighted by Gasteiger charge is -2.14. The average molecular weight is 385 g/mol. The first kappa shape index (κ1) is 19.2. The summed E-state index contributed by atoms with van der Waals surface area (Å²) in [6.07, 6.45) is 0.251. The van der Waals surface area contributed by atoms with Crippen LogP contribution in [0.25, 0.3) is 0 Å². The Morgan fingerprint density at radius 1 is 1.04 bits per heavy atom. The van der Waals surface area contributed by atoms with Crippen molar-refractivity contribution in [3.8, 4) is 5.75 Å². The van der Waals surface area contributed by atoms with E-state index in [4.69, 9.17) is 9.47 Å². The predicted octanol–water partition coefficient (Wildman–Crippen LogP) is 2.53. The van der Waals surface area contributed by atoms with Crippen LogP contribution < -0.4 is 9.64 Å². The van der Waals surface area contributed by atoms with E-state index in [2.05, 4.69) is 0 Å². The van der Waals surface area contributed by atoms with Crippen LogP contribution in [0.15, 0.2) is 42.5 Å². The van der Waals surface area contributed by atoms with E-state index in [1.165, 1.54) is 43.5 Å². The number of Topliss-reactive ketones (excluding diaryl/α,β-unsaturated/α-hetero) is 1. The number of rotatable bonds is 6. The van der Waals surface area contributed by atoms with Crippen molar-refractivity contribution in [2.45, 2.75) is 12.8 Å². The minimum absolute atomic E-state index is 0.00336. The molecule has 0 aliphatic carbocycles. The van der Waals surface area contributed by atoms with Crippen LogP contribution in [-0.4, -0.2) is 37.3 Å². The Morgan fingerprint density at radius 3 is 2.39 bits per heavy atom. The molecule has 1 heterocycles. The molecule has 0 aromatic heterocycles. The van der Waals surface area contributed by atoms with Gasteiger partial charge in [0.15, 0.2) is 24.0 Å². The Hall–Kier alpha value is -3.55. The molecule has 0 atom stereocenters. The quantitative estimate of drug-likeness (QED) is 0.431. The fourth-order valence-electron chi connectivity index (χ4n) is 2.77. The number of esters is 1. The zero-order valence-electron chi connectivity index (χ0n) is 14.9. The van der Waals surface area contributed by atoms with Crippen LogP contribution in [0.4, 0.5) is 10.1 Å². The summed E-state index contributed by atoms with van der Waals surface area (Å²) in [7, 11) is 1.30. The molecule has 28 heavy (non-hydrogen) atoms. The fraction of sp³-hybridized carbons (Fsp3) is 0.200. The summed E-state index contributed by atoms with van der Waals surface area (Å²) in [6, 6.07) is 9.49. The third-order valence-electron chi connectivity index (χ3n) is 4.20. The van der Waals surface area contributed by atoms with Crippen LogP contribution in [-0.2, 0) is 14.3 Å². The number of ketones is 1. The van der Waals surface area contributed by atoms with Crippen molar-refractivity contribution in [2.75, 3.05) is 18.6 Å². The van der Waals surface area contributed by atoms with Gasteiger partial charge in [-0.2, -0.15) is 0 Å². The van der Waals surface area contributed by atoms with E-state index < -0.39 is 24.2 Å². The van der Waals surface area contributed by atoms with Gasteiger partial charge in [-0.3, -0.25) is 19.3 Å². The zero-order valence-corrected chi connectivity index (χ0v) is 14.9. The van der Waals surface area contributed by atoms with Crippen molar-refractivity contribution in [3.05, 3.63) is 59.4 Å². The normalized spacial score (nSPS) is 13.6. The van der Waals surface area contributed by atoms with Crippen LogP contribution in [0.2, 0.25) is 0 Å². The molecular formula is C20H16FNO6. The number of amides is 2. The van der Waals surface area contributed by atoms with E-state index >= 15 is 0 Å². The van der Waals surface area contributed by atoms with E-state index in [1.54, 1.807) is 0 Å². The molecule has 0 N–H and O–H groups in total. The first-order chi connectivity index (χ1) is 13.4. The highest BCUT2D eigenvalue weighted by atomic mass is 19.1. The average Bonchev–Trinajstić information content (AvgIpc) is 3.04. The number of benzene rings is 2. The lowest BCUT2D eigenvalue weighted by atomic mass is 10.1. The maximum atomic E-state index is 13.7. The van der Waals surface area contributed by atoms with Gasteiger partial charge in [0.2, 0.25) is 11.8 Å². The van der Waals surface area contributed by atoms with Crippen LogP contribution in [0.3, 0.4) is 0 Å². The Kier molecular flexibility index (Phi) is 5.49. The molecule has 144 valence electrons. The maximum absolute atomic E-state index is 13.7. The van der Waals surface area contributed by atoms with Crippen molar-refractivity contribution in [1.82, 2.24) is 0 Å². The molecule has 7 nitrogen and oxygen atoms in total. The third-order valence-corrected chi connectivity index (χ3v) is 4.20. The molecule has 0 unspecified atom stereocenters. The van der Waals surface area contributed by atoms with Gasteiger partial charge in [0.1, 0.15) is 0 Å². The number of nitrogens with zero attached hydrogens (tertiary/aromatic N) is 1. The van der Waals surface area contributed by atoms with Crippen LogP contribution >= 0.6 is 0 Å². The number of hydrogen-bond acceptors (Lipinski definition) is 6. The summed E-state index contributed by atoms with van der Waals surface area (Å²) in [5, 5.41) is 0. The van der Waals surface area contributed by atoms with Crippen molar-refractivity contribution < 1.29 is 33.0 Å². The van der Waals surface area contributed by atoms with E-state index in [1.807, 2.05) is 0 Å². The minimum atomic E-state index is -0.803. The van der Waals surface area contributed by atoms with Crippen molar-refractivity contribution in [2.24, 2.45) is 0 Å². The van der Waals surface area contributed by atoms with E-state index in [0.29, 0.717) is 0 Å². The van der Waals surface area contributed by atoms with Crippen molar-refractivity contribution in [3.63, 3.8) is 0 Å². The molecule has 3 rings (SSSR count). The molecule has 1 aliphatic heterocycles. The fourth-order valence-corrected chi connectivity index (χ4v) is 2.77. The molecule has 2 aromatic carbocycles. The number of anilines is 1. The van der Waals surface area contributed by atoms with Crippen molar-refractivity contribution >= 4 is 29.3 Å². The van der Waals surface area contributed by atoms with Gasteiger partial charge in [0, 0.05) is 18.4 Å². The molecular weight excluding hydrogens is 369 g/mol. The highest BCUT2D eigenvalue weighted by Crippen LogP contribution is 2.24. The maximum Gasteiger partial charge on any atom is 0.338 e. The second kappa shape index (κ2) is 7.99. The molecule has 2 amide bonds. The Bertz CT molecular complexity index is 955. The van der Waals surface area contributed by atoms with Gasteiger partial charge in [-0.05, 0) is 36.4 Å². The standard InChI is InChI=1S/C20H16FNO6/c1-27-17-6-5-12(10-15(17)21)16(23)11-28-20(26)13-3-2-4-14(9-13)22-18(24)7-8-19(22)25/h2-6,9-10H,7-8,11H2,1H3. The highest BCUT2D eigenvalue weighted by Gasteiger charge is 2.30. The monoisotopic (exact) mass is 385 g/mol. The Balaban J connectivity index is 1.67.